The molecule has 0 aliphatic heterocycles. The van der Waals surface area contributed by atoms with Gasteiger partial charge >= 0.3 is 5.97 Å². The standard InChI is InChI=1S/C14H27BrO2/c1-13(17-14(2)16)11-9-7-5-3-4-6-8-10-12-15/h13H,3-12H2,1-2H3/t13-/m0/s1. The molecule has 0 fully saturated rings. The molecule has 0 saturated carbocycles. The lowest BCUT2D eigenvalue weighted by atomic mass is 10.1. The normalized spacial score (nSPS) is 12.4. The van der Waals surface area contributed by atoms with Crippen molar-refractivity contribution in [2.45, 2.75) is 77.7 Å². The molecule has 0 aromatic carbocycles. The number of esters is 1. The predicted molar refractivity (Wildman–Crippen MR) is 76.6 cm³/mol. The van der Waals surface area contributed by atoms with Crippen molar-refractivity contribution in [1.29, 1.82) is 0 Å². The molecule has 2 nitrogen and oxygen atoms in total. The summed E-state index contributed by atoms with van der Waals surface area (Å²) in [5.74, 6) is -0.163. The van der Waals surface area contributed by atoms with Crippen LogP contribution in [0.15, 0.2) is 0 Å². The number of halogens is 1. The van der Waals surface area contributed by atoms with Crippen LogP contribution in [-0.4, -0.2) is 17.4 Å². The maximum atomic E-state index is 10.7. The second-order valence-corrected chi connectivity index (χ2v) is 5.52. The molecule has 0 aromatic heterocycles. The molecular formula is C14H27BrO2. The van der Waals surface area contributed by atoms with Gasteiger partial charge in [0.2, 0.25) is 0 Å². The molecule has 0 radical (unpaired) electrons. The Balaban J connectivity index is 3.10. The molecule has 0 N–H and O–H groups in total. The quantitative estimate of drug-likeness (QED) is 0.310. The lowest BCUT2D eigenvalue weighted by Crippen LogP contribution is -2.11. The van der Waals surface area contributed by atoms with Crippen LogP contribution in [0.2, 0.25) is 0 Å². The number of ether oxygens (including phenoxy) is 1. The van der Waals surface area contributed by atoms with Crippen molar-refractivity contribution in [3.8, 4) is 0 Å². The number of alkyl halides is 1. The highest BCUT2D eigenvalue weighted by molar-refractivity contribution is 9.09. The monoisotopic (exact) mass is 306 g/mol. The van der Waals surface area contributed by atoms with Gasteiger partial charge in [0.15, 0.2) is 0 Å². The first kappa shape index (κ1) is 16.9. The Morgan fingerprint density at radius 1 is 1.00 bits per heavy atom. The van der Waals surface area contributed by atoms with Crippen LogP contribution < -0.4 is 0 Å². The third-order valence-corrected chi connectivity index (χ3v) is 3.42. The second kappa shape index (κ2) is 12.4. The van der Waals surface area contributed by atoms with E-state index in [0.717, 1.165) is 11.8 Å². The molecule has 102 valence electrons. The number of unbranched alkanes of at least 4 members (excludes halogenated alkanes) is 7. The molecule has 0 aromatic rings. The molecule has 0 unspecified atom stereocenters. The van der Waals surface area contributed by atoms with Crippen LogP contribution in [-0.2, 0) is 9.53 Å². The fourth-order valence-electron chi connectivity index (χ4n) is 1.93. The Morgan fingerprint density at radius 3 is 1.94 bits per heavy atom. The molecule has 0 amide bonds. The van der Waals surface area contributed by atoms with E-state index in [-0.39, 0.29) is 12.1 Å². The van der Waals surface area contributed by atoms with Gasteiger partial charge in [-0.3, -0.25) is 4.79 Å². The van der Waals surface area contributed by atoms with Crippen LogP contribution in [0.25, 0.3) is 0 Å². The first-order valence-corrected chi connectivity index (χ1v) is 8.02. The molecule has 0 bridgehead atoms. The van der Waals surface area contributed by atoms with Gasteiger partial charge in [-0.25, -0.2) is 0 Å². The number of carbonyl (C=O) groups is 1. The minimum Gasteiger partial charge on any atom is -0.463 e. The Kier molecular flexibility index (Phi) is 12.4. The number of carbonyl (C=O) groups excluding carboxylic acids is 1. The summed E-state index contributed by atoms with van der Waals surface area (Å²) in [7, 11) is 0. The topological polar surface area (TPSA) is 26.3 Å². The highest BCUT2D eigenvalue weighted by atomic mass is 79.9. The third kappa shape index (κ3) is 13.9. The maximum absolute atomic E-state index is 10.7. The Labute approximate surface area is 115 Å². The lowest BCUT2D eigenvalue weighted by molar-refractivity contribution is -0.145. The van der Waals surface area contributed by atoms with E-state index < -0.39 is 0 Å². The van der Waals surface area contributed by atoms with E-state index in [1.54, 1.807) is 0 Å². The predicted octanol–water partition coefficient (Wildman–Crippen LogP) is 4.84. The van der Waals surface area contributed by atoms with E-state index in [2.05, 4.69) is 15.9 Å². The van der Waals surface area contributed by atoms with Crippen molar-refractivity contribution in [3.05, 3.63) is 0 Å². The third-order valence-electron chi connectivity index (χ3n) is 2.86. The molecule has 0 heterocycles. The zero-order valence-electron chi connectivity index (χ0n) is 11.3. The molecule has 3 heteroatoms. The van der Waals surface area contributed by atoms with Crippen LogP contribution >= 0.6 is 15.9 Å². The van der Waals surface area contributed by atoms with Crippen molar-refractivity contribution in [2.75, 3.05) is 5.33 Å². The zero-order valence-corrected chi connectivity index (χ0v) is 12.9. The fraction of sp³-hybridized carbons (Fsp3) is 0.929. The fourth-order valence-corrected chi connectivity index (χ4v) is 2.33. The minimum atomic E-state index is -0.163. The summed E-state index contributed by atoms with van der Waals surface area (Å²) in [5, 5.41) is 1.14. The number of rotatable bonds is 11. The van der Waals surface area contributed by atoms with E-state index in [1.807, 2.05) is 6.92 Å². The van der Waals surface area contributed by atoms with Gasteiger partial charge in [-0.15, -0.1) is 0 Å². The summed E-state index contributed by atoms with van der Waals surface area (Å²) in [6.07, 6.45) is 11.6. The molecule has 0 rings (SSSR count). The largest absolute Gasteiger partial charge is 0.463 e. The molecule has 1 atom stereocenters. The van der Waals surface area contributed by atoms with E-state index in [4.69, 9.17) is 4.74 Å². The Hall–Kier alpha value is -0.0500. The smallest absolute Gasteiger partial charge is 0.302 e. The number of hydrogen-bond donors (Lipinski definition) is 0. The van der Waals surface area contributed by atoms with Crippen LogP contribution in [0.4, 0.5) is 0 Å². The van der Waals surface area contributed by atoms with Crippen molar-refractivity contribution < 1.29 is 9.53 Å². The van der Waals surface area contributed by atoms with Crippen LogP contribution in [0, 0.1) is 0 Å². The molecule has 0 saturated heterocycles. The summed E-state index contributed by atoms with van der Waals surface area (Å²) in [6, 6.07) is 0. The van der Waals surface area contributed by atoms with E-state index in [0.29, 0.717) is 0 Å². The minimum absolute atomic E-state index is 0.0893. The summed E-state index contributed by atoms with van der Waals surface area (Å²) >= 11 is 3.45. The summed E-state index contributed by atoms with van der Waals surface area (Å²) < 4.78 is 5.08. The molecule has 0 aliphatic carbocycles. The van der Waals surface area contributed by atoms with E-state index in [9.17, 15) is 4.79 Å². The van der Waals surface area contributed by atoms with Gasteiger partial charge in [0.25, 0.3) is 0 Å². The summed E-state index contributed by atoms with van der Waals surface area (Å²) in [6.45, 7) is 3.45. The van der Waals surface area contributed by atoms with Gasteiger partial charge in [-0.05, 0) is 26.2 Å². The molecule has 17 heavy (non-hydrogen) atoms. The SMILES string of the molecule is CC(=O)O[C@@H](C)CCCCCCCCCCBr. The lowest BCUT2D eigenvalue weighted by Gasteiger charge is -2.11. The van der Waals surface area contributed by atoms with Gasteiger partial charge in [0.05, 0.1) is 6.10 Å². The first-order chi connectivity index (χ1) is 8.16. The highest BCUT2D eigenvalue weighted by Crippen LogP contribution is 2.12. The molecular weight excluding hydrogens is 280 g/mol. The van der Waals surface area contributed by atoms with Gasteiger partial charge in [-0.1, -0.05) is 54.5 Å². The zero-order chi connectivity index (χ0) is 12.9. The summed E-state index contributed by atoms with van der Waals surface area (Å²) in [4.78, 5) is 10.7. The van der Waals surface area contributed by atoms with Crippen molar-refractivity contribution in [2.24, 2.45) is 0 Å². The molecule has 0 aliphatic rings. The van der Waals surface area contributed by atoms with Crippen LogP contribution in [0.3, 0.4) is 0 Å². The maximum Gasteiger partial charge on any atom is 0.302 e. The van der Waals surface area contributed by atoms with Crippen molar-refractivity contribution in [3.63, 3.8) is 0 Å². The molecule has 0 spiro atoms. The second-order valence-electron chi connectivity index (χ2n) is 4.73. The Bertz CT molecular complexity index is 183. The first-order valence-electron chi connectivity index (χ1n) is 6.90. The highest BCUT2D eigenvalue weighted by Gasteiger charge is 2.04. The van der Waals surface area contributed by atoms with E-state index in [1.165, 1.54) is 58.3 Å². The average Bonchev–Trinajstić information content (AvgIpc) is 2.26. The van der Waals surface area contributed by atoms with Crippen molar-refractivity contribution in [1.82, 2.24) is 0 Å². The van der Waals surface area contributed by atoms with Gasteiger partial charge in [0.1, 0.15) is 0 Å². The summed E-state index contributed by atoms with van der Waals surface area (Å²) in [5.41, 5.74) is 0. The van der Waals surface area contributed by atoms with Crippen molar-refractivity contribution >= 4 is 21.9 Å². The van der Waals surface area contributed by atoms with Gasteiger partial charge in [-0.2, -0.15) is 0 Å². The van der Waals surface area contributed by atoms with Gasteiger partial charge in [0, 0.05) is 12.3 Å². The average molecular weight is 307 g/mol. The van der Waals surface area contributed by atoms with Gasteiger partial charge < -0.3 is 4.74 Å². The Morgan fingerprint density at radius 2 is 1.47 bits per heavy atom. The number of hydrogen-bond acceptors (Lipinski definition) is 2. The van der Waals surface area contributed by atoms with Crippen LogP contribution in [0.1, 0.15) is 71.6 Å². The van der Waals surface area contributed by atoms with Crippen LogP contribution in [0.5, 0.6) is 0 Å². The van der Waals surface area contributed by atoms with E-state index >= 15 is 0 Å².